The third-order valence-electron chi connectivity index (χ3n) is 2.40. The first-order chi connectivity index (χ1) is 7.00. The van der Waals surface area contributed by atoms with Crippen molar-refractivity contribution in [3.8, 4) is 0 Å². The van der Waals surface area contributed by atoms with Crippen LogP contribution >= 0.6 is 0 Å². The molecule has 0 aliphatic rings. The lowest BCUT2D eigenvalue weighted by molar-refractivity contribution is 0.665. The van der Waals surface area contributed by atoms with Gasteiger partial charge in [-0.1, -0.05) is 18.7 Å². The highest BCUT2D eigenvalue weighted by Crippen LogP contribution is 2.00. The number of aromatic nitrogens is 2. The molecule has 80 valence electrons. The predicted molar refractivity (Wildman–Crippen MR) is 60.9 cm³/mol. The smallest absolute Gasteiger partial charge is 0.300 e. The topological polar surface area (TPSA) is 44.0 Å². The van der Waals surface area contributed by atoms with E-state index in [0.29, 0.717) is 11.3 Å². The molecule has 0 radical (unpaired) electrons. The summed E-state index contributed by atoms with van der Waals surface area (Å²) in [5.74, 6) is 0. The van der Waals surface area contributed by atoms with E-state index in [9.17, 15) is 9.59 Å². The zero-order chi connectivity index (χ0) is 11.6. The van der Waals surface area contributed by atoms with Crippen molar-refractivity contribution in [3.05, 3.63) is 50.8 Å². The van der Waals surface area contributed by atoms with Crippen LogP contribution in [-0.4, -0.2) is 9.13 Å². The minimum atomic E-state index is -0.312. The summed E-state index contributed by atoms with van der Waals surface area (Å²) in [6, 6.07) is 0. The fraction of sp³-hybridized carbons (Fsp3) is 0.273. The van der Waals surface area contributed by atoms with Crippen molar-refractivity contribution in [2.24, 2.45) is 14.1 Å². The maximum absolute atomic E-state index is 11.7. The van der Waals surface area contributed by atoms with Gasteiger partial charge in [0.05, 0.1) is 5.56 Å². The normalized spacial score (nSPS) is 10.9. The van der Waals surface area contributed by atoms with Gasteiger partial charge in [-0.05, 0) is 13.0 Å². The van der Waals surface area contributed by atoms with Crippen molar-refractivity contribution < 1.29 is 0 Å². The monoisotopic (exact) mass is 206 g/mol. The Hall–Kier alpha value is -1.84. The van der Waals surface area contributed by atoms with E-state index in [-0.39, 0.29) is 11.2 Å². The average Bonchev–Trinajstić information content (AvgIpc) is 2.24. The van der Waals surface area contributed by atoms with E-state index in [1.54, 1.807) is 32.2 Å². The molecule has 0 aromatic carbocycles. The van der Waals surface area contributed by atoms with Crippen LogP contribution in [0.5, 0.6) is 0 Å². The first-order valence-corrected chi connectivity index (χ1v) is 4.56. The fourth-order valence-corrected chi connectivity index (χ4v) is 1.33. The van der Waals surface area contributed by atoms with Crippen LogP contribution in [-0.2, 0) is 14.1 Å². The zero-order valence-corrected chi connectivity index (χ0v) is 9.15. The first kappa shape index (κ1) is 11.2. The molecule has 0 amide bonds. The Morgan fingerprint density at radius 1 is 1.20 bits per heavy atom. The van der Waals surface area contributed by atoms with E-state index in [1.807, 2.05) is 0 Å². The summed E-state index contributed by atoms with van der Waals surface area (Å²) in [5.41, 5.74) is 0.572. The molecule has 0 N–H and O–H groups in total. The summed E-state index contributed by atoms with van der Waals surface area (Å²) >= 11 is 0. The van der Waals surface area contributed by atoms with E-state index in [1.165, 1.54) is 11.6 Å². The molecule has 0 bridgehead atoms. The third kappa shape index (κ3) is 1.83. The molecule has 0 saturated carbocycles. The summed E-state index contributed by atoms with van der Waals surface area (Å²) in [6.07, 6.45) is 4.92. The number of rotatable bonds is 2. The van der Waals surface area contributed by atoms with Crippen LogP contribution in [0, 0.1) is 6.92 Å². The predicted octanol–water partition coefficient (Wildman–Crippen LogP) is 0.592. The Morgan fingerprint density at radius 3 is 2.33 bits per heavy atom. The van der Waals surface area contributed by atoms with Crippen molar-refractivity contribution in [3.63, 3.8) is 0 Å². The molecule has 15 heavy (non-hydrogen) atoms. The van der Waals surface area contributed by atoms with Crippen LogP contribution in [0.1, 0.15) is 11.3 Å². The lowest BCUT2D eigenvalue weighted by Gasteiger charge is -2.08. The van der Waals surface area contributed by atoms with Gasteiger partial charge in [0.1, 0.15) is 0 Å². The molecule has 0 atom stereocenters. The van der Waals surface area contributed by atoms with Crippen molar-refractivity contribution in [2.45, 2.75) is 6.92 Å². The summed E-state index contributed by atoms with van der Waals surface area (Å²) < 4.78 is 2.54. The molecular formula is C11H14N2O2. The van der Waals surface area contributed by atoms with Gasteiger partial charge in [0, 0.05) is 19.8 Å². The van der Waals surface area contributed by atoms with Crippen LogP contribution in [0.15, 0.2) is 28.3 Å². The van der Waals surface area contributed by atoms with Gasteiger partial charge in [0.2, 0.25) is 0 Å². The summed E-state index contributed by atoms with van der Waals surface area (Å²) in [4.78, 5) is 23.3. The van der Waals surface area contributed by atoms with Crippen LogP contribution in [0.4, 0.5) is 0 Å². The van der Waals surface area contributed by atoms with E-state index in [0.717, 1.165) is 4.57 Å². The van der Waals surface area contributed by atoms with Crippen molar-refractivity contribution >= 4 is 6.08 Å². The summed E-state index contributed by atoms with van der Waals surface area (Å²) in [7, 11) is 3.11. The molecule has 4 nitrogen and oxygen atoms in total. The van der Waals surface area contributed by atoms with E-state index in [2.05, 4.69) is 6.58 Å². The molecule has 0 unspecified atom stereocenters. The third-order valence-corrected chi connectivity index (χ3v) is 2.40. The molecule has 0 saturated heterocycles. The van der Waals surface area contributed by atoms with Gasteiger partial charge in [-0.15, -0.1) is 0 Å². The summed E-state index contributed by atoms with van der Waals surface area (Å²) in [6.45, 7) is 5.27. The lowest BCUT2D eigenvalue weighted by Crippen LogP contribution is -2.39. The number of allylic oxidation sites excluding steroid dienone is 2. The minimum Gasteiger partial charge on any atom is -0.300 e. The highest BCUT2D eigenvalue weighted by atomic mass is 16.2. The fourth-order valence-electron chi connectivity index (χ4n) is 1.33. The van der Waals surface area contributed by atoms with Crippen molar-refractivity contribution in [1.29, 1.82) is 0 Å². The van der Waals surface area contributed by atoms with Crippen LogP contribution in [0.3, 0.4) is 0 Å². The Morgan fingerprint density at radius 2 is 1.80 bits per heavy atom. The minimum absolute atomic E-state index is 0.284. The van der Waals surface area contributed by atoms with Crippen molar-refractivity contribution in [1.82, 2.24) is 9.13 Å². The summed E-state index contributed by atoms with van der Waals surface area (Å²) in [5, 5.41) is 0. The largest absolute Gasteiger partial charge is 0.330 e. The van der Waals surface area contributed by atoms with Crippen LogP contribution in [0.2, 0.25) is 0 Å². The van der Waals surface area contributed by atoms with Gasteiger partial charge in [0.15, 0.2) is 0 Å². The standard InChI is InChI=1S/C11H14N2O2/c1-5-6-7-9-8(2)12(3)11(15)13(4)10(9)14/h5-7H,1H2,2-4H3/b7-6+. The second-order valence-corrected chi connectivity index (χ2v) is 3.30. The van der Waals surface area contributed by atoms with Gasteiger partial charge in [-0.3, -0.25) is 9.36 Å². The van der Waals surface area contributed by atoms with Gasteiger partial charge in [-0.25, -0.2) is 4.79 Å². The van der Waals surface area contributed by atoms with Crippen LogP contribution in [0.25, 0.3) is 6.08 Å². The Balaban J connectivity index is 3.67. The number of hydrogen-bond acceptors (Lipinski definition) is 2. The van der Waals surface area contributed by atoms with Crippen molar-refractivity contribution in [2.75, 3.05) is 0 Å². The maximum Gasteiger partial charge on any atom is 0.330 e. The SMILES string of the molecule is C=C/C=C/c1c(C)n(C)c(=O)n(C)c1=O. The second-order valence-electron chi connectivity index (χ2n) is 3.30. The maximum atomic E-state index is 11.7. The highest BCUT2D eigenvalue weighted by molar-refractivity contribution is 5.52. The first-order valence-electron chi connectivity index (χ1n) is 4.56. The van der Waals surface area contributed by atoms with E-state index >= 15 is 0 Å². The quantitative estimate of drug-likeness (QED) is 0.665. The molecule has 1 aromatic heterocycles. The molecule has 1 rings (SSSR count). The molecule has 1 aromatic rings. The average molecular weight is 206 g/mol. The van der Waals surface area contributed by atoms with Crippen LogP contribution < -0.4 is 11.2 Å². The van der Waals surface area contributed by atoms with E-state index < -0.39 is 0 Å². The molecule has 0 aliphatic carbocycles. The lowest BCUT2D eigenvalue weighted by atomic mass is 10.2. The molecular weight excluding hydrogens is 192 g/mol. The molecule has 4 heteroatoms. The molecule has 0 aliphatic heterocycles. The second kappa shape index (κ2) is 4.13. The molecule has 0 fully saturated rings. The molecule has 1 heterocycles. The Bertz CT molecular complexity index is 533. The zero-order valence-electron chi connectivity index (χ0n) is 9.15. The highest BCUT2D eigenvalue weighted by Gasteiger charge is 2.08. The van der Waals surface area contributed by atoms with Gasteiger partial charge < -0.3 is 4.57 Å². The van der Waals surface area contributed by atoms with Gasteiger partial charge in [0.25, 0.3) is 5.56 Å². The Kier molecular flexibility index (Phi) is 3.09. The number of hydrogen-bond donors (Lipinski definition) is 0. The molecule has 0 spiro atoms. The van der Waals surface area contributed by atoms with Gasteiger partial charge >= 0.3 is 5.69 Å². The number of nitrogens with zero attached hydrogens (tertiary/aromatic N) is 2. The van der Waals surface area contributed by atoms with Gasteiger partial charge in [-0.2, -0.15) is 0 Å². The Labute approximate surface area is 87.8 Å². The van der Waals surface area contributed by atoms with E-state index in [4.69, 9.17) is 0 Å².